The highest BCUT2D eigenvalue weighted by Gasteiger charge is 2.58. The fourth-order valence-corrected chi connectivity index (χ4v) is 5.50. The second-order valence-electron chi connectivity index (χ2n) is 10.6. The number of Topliss-reactive ketones (excluding diaryl/α,β-unsaturated/α-hetero) is 1. The van der Waals surface area contributed by atoms with E-state index in [4.69, 9.17) is 23.7 Å². The van der Waals surface area contributed by atoms with Crippen LogP contribution in [0.2, 0.25) is 0 Å². The van der Waals surface area contributed by atoms with Crippen molar-refractivity contribution in [1.82, 2.24) is 9.80 Å². The third-order valence-electron chi connectivity index (χ3n) is 7.60. The molecule has 3 aliphatic heterocycles. The normalized spacial score (nSPS) is 21.0. The lowest BCUT2D eigenvalue weighted by molar-refractivity contribution is -0.267. The van der Waals surface area contributed by atoms with Gasteiger partial charge in [0.25, 0.3) is 0 Å². The van der Waals surface area contributed by atoms with Gasteiger partial charge in [0.1, 0.15) is 17.7 Å². The number of carbonyl (C=O) groups excluding carboxylic acids is 4. The van der Waals surface area contributed by atoms with Gasteiger partial charge in [-0.1, -0.05) is 12.1 Å². The zero-order chi connectivity index (χ0) is 29.9. The minimum Gasteiger partial charge on any atom is -0.490 e. The van der Waals surface area contributed by atoms with Crippen LogP contribution in [0.4, 0.5) is 4.39 Å². The predicted molar refractivity (Wildman–Crippen MR) is 143 cm³/mol. The van der Waals surface area contributed by atoms with E-state index in [1.165, 1.54) is 24.0 Å². The number of halogens is 1. The number of amides is 1. The molecule has 1 unspecified atom stereocenters. The first kappa shape index (κ1) is 29.6. The molecule has 0 N–H and O–H groups in total. The van der Waals surface area contributed by atoms with Crippen molar-refractivity contribution in [2.24, 2.45) is 0 Å². The molecule has 1 amide bonds. The number of ether oxygens (including phenoxy) is 5. The van der Waals surface area contributed by atoms with Gasteiger partial charge in [-0.25, -0.2) is 14.0 Å². The van der Waals surface area contributed by atoms with E-state index in [0.29, 0.717) is 50.3 Å². The predicted octanol–water partition coefficient (Wildman–Crippen LogP) is 2.76. The van der Waals surface area contributed by atoms with Gasteiger partial charge in [-0.2, -0.15) is 0 Å². The van der Waals surface area contributed by atoms with Crippen molar-refractivity contribution in [1.29, 1.82) is 0 Å². The fraction of sp³-hybridized carbons (Fsp3) is 0.467. The Hall–Kier alpha value is -3.87. The van der Waals surface area contributed by atoms with Crippen molar-refractivity contribution in [2.45, 2.75) is 50.4 Å². The Morgan fingerprint density at radius 3 is 2.29 bits per heavy atom. The summed E-state index contributed by atoms with van der Waals surface area (Å²) in [6, 6.07) is 12.6. The fourth-order valence-electron chi connectivity index (χ4n) is 5.50. The number of esters is 2. The first-order chi connectivity index (χ1) is 20.1. The number of likely N-dealkylation sites (N-methyl/N-ethyl adjacent to an activating group) is 1. The quantitative estimate of drug-likeness (QED) is 0.234. The van der Waals surface area contributed by atoms with E-state index < -0.39 is 29.7 Å². The Kier molecular flexibility index (Phi) is 8.58. The van der Waals surface area contributed by atoms with E-state index in [1.54, 1.807) is 48.3 Å². The van der Waals surface area contributed by atoms with Gasteiger partial charge in [-0.05, 0) is 63.3 Å². The minimum absolute atomic E-state index is 0.0276. The summed E-state index contributed by atoms with van der Waals surface area (Å²) >= 11 is 0. The topological polar surface area (TPSA) is 121 Å². The molecule has 5 rings (SSSR count). The Labute approximate surface area is 242 Å². The number of carbonyl (C=O) groups is 4. The average Bonchev–Trinajstić information content (AvgIpc) is 3.53. The van der Waals surface area contributed by atoms with E-state index in [0.717, 1.165) is 5.56 Å². The van der Waals surface area contributed by atoms with E-state index in [1.807, 2.05) is 0 Å². The average molecular weight is 585 g/mol. The molecule has 1 atom stereocenters. The molecule has 3 fully saturated rings. The molecule has 2 aromatic carbocycles. The lowest BCUT2D eigenvalue weighted by atomic mass is 10.00. The van der Waals surface area contributed by atoms with E-state index in [9.17, 15) is 23.6 Å². The molecule has 3 heterocycles. The van der Waals surface area contributed by atoms with Crippen LogP contribution in [0.15, 0.2) is 48.5 Å². The molecule has 11 nitrogen and oxygen atoms in total. The number of likely N-dealkylation sites (tertiary alicyclic amines) is 1. The number of rotatable bonds is 10. The first-order valence-electron chi connectivity index (χ1n) is 13.9. The summed E-state index contributed by atoms with van der Waals surface area (Å²) in [4.78, 5) is 52.2. The summed E-state index contributed by atoms with van der Waals surface area (Å²) in [7, 11) is 1.78. The van der Waals surface area contributed by atoms with Crippen molar-refractivity contribution < 1.29 is 47.3 Å². The van der Waals surface area contributed by atoms with Crippen molar-refractivity contribution in [3.63, 3.8) is 0 Å². The summed E-state index contributed by atoms with van der Waals surface area (Å²) in [5.74, 6) is -5.52. The summed E-state index contributed by atoms with van der Waals surface area (Å²) < 4.78 is 42.0. The van der Waals surface area contributed by atoms with Crippen LogP contribution in [0.5, 0.6) is 5.75 Å². The van der Waals surface area contributed by atoms with Crippen LogP contribution >= 0.6 is 0 Å². The molecule has 0 radical (unpaired) electrons. The van der Waals surface area contributed by atoms with Gasteiger partial charge in [0.05, 0.1) is 26.2 Å². The zero-order valence-electron chi connectivity index (χ0n) is 23.5. The molecule has 3 saturated heterocycles. The third kappa shape index (κ3) is 6.30. The largest absolute Gasteiger partial charge is 0.490 e. The van der Waals surface area contributed by atoms with Crippen molar-refractivity contribution in [2.75, 3.05) is 39.9 Å². The lowest BCUT2D eigenvalue weighted by Crippen LogP contribution is -2.61. The van der Waals surface area contributed by atoms with Gasteiger partial charge in [0, 0.05) is 30.5 Å². The maximum Gasteiger partial charge on any atom is 0.422 e. The van der Waals surface area contributed by atoms with Crippen molar-refractivity contribution in [3.8, 4) is 5.75 Å². The summed E-state index contributed by atoms with van der Waals surface area (Å²) in [5.41, 5.74) is 1.27. The number of hydrogen-bond donors (Lipinski definition) is 0. The highest BCUT2D eigenvalue weighted by atomic mass is 19.1. The Bertz CT molecular complexity index is 1310. The first-order valence-corrected chi connectivity index (χ1v) is 13.9. The maximum atomic E-state index is 13.4. The Morgan fingerprint density at radius 2 is 1.67 bits per heavy atom. The van der Waals surface area contributed by atoms with E-state index >= 15 is 0 Å². The molecule has 0 saturated carbocycles. The molecule has 12 heteroatoms. The number of ketones is 1. The Balaban J connectivity index is 1.19. The standard InChI is InChI=1S/C30H33FN2O9/c1-20(34)21-4-10-24(11-5-21)40-25-12-15-33(30(18-25)41-27(36)28(37)42-30)26(35)19-32(2)14-3-13-29(38-16-17-39-29)22-6-8-23(31)9-7-22/h4-11,25H,3,12-19H2,1-2H3. The van der Waals surface area contributed by atoms with Crippen LogP contribution in [-0.2, 0) is 39.1 Å². The van der Waals surface area contributed by atoms with Crippen LogP contribution < -0.4 is 4.74 Å². The summed E-state index contributed by atoms with van der Waals surface area (Å²) in [6.07, 6.45) is 0.905. The van der Waals surface area contributed by atoms with Gasteiger partial charge < -0.3 is 23.7 Å². The molecule has 1 spiro atoms. The monoisotopic (exact) mass is 584 g/mol. The van der Waals surface area contributed by atoms with E-state index in [-0.39, 0.29) is 37.0 Å². The van der Waals surface area contributed by atoms with Gasteiger partial charge in [0.15, 0.2) is 11.6 Å². The zero-order valence-corrected chi connectivity index (χ0v) is 23.5. The van der Waals surface area contributed by atoms with Crippen LogP contribution in [0.25, 0.3) is 0 Å². The second kappa shape index (κ2) is 12.2. The minimum atomic E-state index is -1.90. The van der Waals surface area contributed by atoms with Crippen molar-refractivity contribution in [3.05, 3.63) is 65.5 Å². The summed E-state index contributed by atoms with van der Waals surface area (Å²) in [5, 5.41) is 0. The SMILES string of the molecule is CC(=O)c1ccc(OC2CCN(C(=O)CN(C)CCCC3(c4ccc(F)cc4)OCCO3)C3(C2)OC(=O)C(=O)O3)cc1. The molecular formula is C30H33FN2O9. The summed E-state index contributed by atoms with van der Waals surface area (Å²) in [6.45, 7) is 2.92. The van der Waals surface area contributed by atoms with Crippen LogP contribution in [0.3, 0.4) is 0 Å². The molecular weight excluding hydrogens is 551 g/mol. The van der Waals surface area contributed by atoms with Crippen LogP contribution in [0.1, 0.15) is 48.5 Å². The molecule has 2 aromatic rings. The van der Waals surface area contributed by atoms with Crippen LogP contribution in [-0.4, -0.2) is 85.3 Å². The second-order valence-corrected chi connectivity index (χ2v) is 10.6. The lowest BCUT2D eigenvalue weighted by Gasteiger charge is -2.43. The smallest absolute Gasteiger partial charge is 0.422 e. The third-order valence-corrected chi connectivity index (χ3v) is 7.60. The van der Waals surface area contributed by atoms with Crippen LogP contribution in [0, 0.1) is 5.82 Å². The van der Waals surface area contributed by atoms with Gasteiger partial charge in [-0.15, -0.1) is 0 Å². The molecule has 0 bridgehead atoms. The van der Waals surface area contributed by atoms with Gasteiger partial charge >= 0.3 is 17.8 Å². The maximum absolute atomic E-state index is 13.4. The highest BCUT2D eigenvalue weighted by Crippen LogP contribution is 2.38. The molecule has 0 aliphatic carbocycles. The Morgan fingerprint density at radius 1 is 1.02 bits per heavy atom. The van der Waals surface area contributed by atoms with Crippen molar-refractivity contribution >= 4 is 23.6 Å². The number of hydrogen-bond acceptors (Lipinski definition) is 10. The molecule has 3 aliphatic rings. The number of nitrogens with zero attached hydrogens (tertiary/aromatic N) is 2. The number of benzene rings is 2. The van der Waals surface area contributed by atoms with E-state index in [2.05, 4.69) is 0 Å². The van der Waals surface area contributed by atoms with Gasteiger partial charge in [-0.3, -0.25) is 19.4 Å². The molecule has 42 heavy (non-hydrogen) atoms. The highest BCUT2D eigenvalue weighted by molar-refractivity contribution is 6.31. The molecule has 0 aromatic heterocycles. The molecule has 224 valence electrons. The number of piperidine rings is 1. The van der Waals surface area contributed by atoms with Gasteiger partial charge in [0.2, 0.25) is 5.91 Å².